The number of aryl methyl sites for hydroxylation is 3. The molecule has 29 heavy (non-hydrogen) atoms. The Kier molecular flexibility index (Phi) is 7.14. The summed E-state index contributed by atoms with van der Waals surface area (Å²) >= 11 is 3.19. The van der Waals surface area contributed by atoms with Crippen LogP contribution in [-0.4, -0.2) is 26.4 Å². The van der Waals surface area contributed by atoms with Crippen molar-refractivity contribution in [1.82, 2.24) is 14.8 Å². The number of aromatic nitrogens is 3. The lowest BCUT2D eigenvalue weighted by atomic mass is 10.1. The van der Waals surface area contributed by atoms with Crippen molar-refractivity contribution in [2.75, 3.05) is 11.1 Å². The quantitative estimate of drug-likeness (QED) is 0.455. The summed E-state index contributed by atoms with van der Waals surface area (Å²) in [6, 6.07) is 8.44. The number of benzene rings is 1. The molecule has 0 spiro atoms. The van der Waals surface area contributed by atoms with Crippen molar-refractivity contribution in [2.24, 2.45) is 0 Å². The predicted octanol–water partition coefficient (Wildman–Crippen LogP) is 5.89. The smallest absolute Gasteiger partial charge is 0.234 e. The molecule has 5 nitrogen and oxygen atoms in total. The van der Waals surface area contributed by atoms with E-state index in [0.29, 0.717) is 5.75 Å². The van der Waals surface area contributed by atoms with Crippen LogP contribution in [0.2, 0.25) is 0 Å². The van der Waals surface area contributed by atoms with Crippen molar-refractivity contribution in [3.8, 4) is 11.4 Å². The van der Waals surface area contributed by atoms with E-state index in [1.54, 1.807) is 11.3 Å². The van der Waals surface area contributed by atoms with Gasteiger partial charge in [0.05, 0.1) is 5.75 Å². The van der Waals surface area contributed by atoms with Gasteiger partial charge in [0.25, 0.3) is 0 Å². The first kappa shape index (κ1) is 21.6. The van der Waals surface area contributed by atoms with Gasteiger partial charge in [-0.15, -0.1) is 21.5 Å². The molecular weight excluding hydrogens is 400 g/mol. The van der Waals surface area contributed by atoms with Gasteiger partial charge >= 0.3 is 0 Å². The summed E-state index contributed by atoms with van der Waals surface area (Å²) < 4.78 is 2.12. The molecule has 2 aromatic heterocycles. The molecule has 1 aromatic carbocycles. The van der Waals surface area contributed by atoms with Gasteiger partial charge in [-0.25, -0.2) is 0 Å². The molecule has 0 aliphatic heterocycles. The van der Waals surface area contributed by atoms with Crippen LogP contribution in [0, 0.1) is 13.8 Å². The molecule has 0 radical (unpaired) electrons. The molecule has 0 unspecified atom stereocenters. The lowest BCUT2D eigenvalue weighted by Gasteiger charge is -2.13. The minimum Gasteiger partial charge on any atom is -0.325 e. The molecule has 1 N–H and O–H groups in total. The molecule has 3 rings (SSSR count). The van der Waals surface area contributed by atoms with Gasteiger partial charge < -0.3 is 5.32 Å². The molecule has 1 amide bonds. The number of thiophene rings is 1. The van der Waals surface area contributed by atoms with Crippen molar-refractivity contribution in [2.45, 2.75) is 58.7 Å². The fourth-order valence-electron chi connectivity index (χ4n) is 3.18. The van der Waals surface area contributed by atoms with E-state index in [1.807, 2.05) is 26.0 Å². The van der Waals surface area contributed by atoms with Crippen LogP contribution in [0.5, 0.6) is 0 Å². The fourth-order valence-corrected chi connectivity index (χ4v) is 5.02. The maximum absolute atomic E-state index is 12.5. The first-order valence-corrected chi connectivity index (χ1v) is 11.8. The predicted molar refractivity (Wildman–Crippen MR) is 123 cm³/mol. The van der Waals surface area contributed by atoms with Gasteiger partial charge in [-0.1, -0.05) is 42.8 Å². The molecule has 0 atom stereocenters. The van der Waals surface area contributed by atoms with Crippen molar-refractivity contribution in [3.63, 3.8) is 0 Å². The van der Waals surface area contributed by atoms with E-state index in [1.165, 1.54) is 22.2 Å². The van der Waals surface area contributed by atoms with Gasteiger partial charge in [0.15, 0.2) is 11.0 Å². The summed E-state index contributed by atoms with van der Waals surface area (Å²) in [6.07, 6.45) is 2.22. The molecular formula is C22H28N4OS2. The third kappa shape index (κ3) is 5.28. The first-order valence-electron chi connectivity index (χ1n) is 9.91. The number of hydrogen-bond donors (Lipinski definition) is 1. The van der Waals surface area contributed by atoms with Gasteiger partial charge in [0, 0.05) is 27.5 Å². The average Bonchev–Trinajstić information content (AvgIpc) is 3.29. The maximum Gasteiger partial charge on any atom is 0.234 e. The summed E-state index contributed by atoms with van der Waals surface area (Å²) in [5, 5.41) is 14.7. The number of rotatable bonds is 8. The minimum absolute atomic E-state index is 0.0393. The Morgan fingerprint density at radius 2 is 2.03 bits per heavy atom. The van der Waals surface area contributed by atoms with Crippen LogP contribution in [-0.2, 0) is 11.2 Å². The van der Waals surface area contributed by atoms with E-state index in [-0.39, 0.29) is 11.9 Å². The Morgan fingerprint density at radius 1 is 1.24 bits per heavy atom. The third-order valence-corrected chi connectivity index (χ3v) is 6.52. The van der Waals surface area contributed by atoms with Crippen LogP contribution >= 0.6 is 23.1 Å². The van der Waals surface area contributed by atoms with Gasteiger partial charge in [-0.05, 0) is 51.8 Å². The summed E-state index contributed by atoms with van der Waals surface area (Å²) in [4.78, 5) is 13.8. The minimum atomic E-state index is -0.0393. The molecule has 0 aliphatic carbocycles. The number of nitrogens with one attached hydrogen (secondary N) is 1. The highest BCUT2D eigenvalue weighted by molar-refractivity contribution is 7.99. The SMILES string of the molecule is CCCc1cc(-c2nnc(SCC(=O)Nc3ccc(C)cc3C)n2C(C)C)cs1. The largest absolute Gasteiger partial charge is 0.325 e. The number of anilines is 1. The van der Waals surface area contributed by atoms with E-state index in [0.717, 1.165) is 40.6 Å². The number of hydrogen-bond acceptors (Lipinski definition) is 5. The molecule has 3 aromatic rings. The Morgan fingerprint density at radius 3 is 2.72 bits per heavy atom. The molecule has 0 aliphatic rings. The normalized spacial score (nSPS) is 11.2. The van der Waals surface area contributed by atoms with Gasteiger partial charge in [-0.3, -0.25) is 9.36 Å². The Hall–Kier alpha value is -2.12. The van der Waals surface area contributed by atoms with Crippen molar-refractivity contribution in [1.29, 1.82) is 0 Å². The molecule has 0 saturated heterocycles. The van der Waals surface area contributed by atoms with Crippen LogP contribution in [0.1, 0.15) is 49.2 Å². The van der Waals surface area contributed by atoms with Crippen molar-refractivity contribution >= 4 is 34.7 Å². The van der Waals surface area contributed by atoms with Crippen LogP contribution in [0.25, 0.3) is 11.4 Å². The van der Waals surface area contributed by atoms with Crippen LogP contribution in [0.4, 0.5) is 5.69 Å². The fraction of sp³-hybridized carbons (Fsp3) is 0.409. The van der Waals surface area contributed by atoms with E-state index < -0.39 is 0 Å². The van der Waals surface area contributed by atoms with Gasteiger partial charge in [0.1, 0.15) is 0 Å². The Balaban J connectivity index is 1.72. The zero-order valence-electron chi connectivity index (χ0n) is 17.7. The number of carbonyl (C=O) groups is 1. The molecule has 0 fully saturated rings. The number of thioether (sulfide) groups is 1. The molecule has 0 saturated carbocycles. The molecule has 0 bridgehead atoms. The zero-order valence-corrected chi connectivity index (χ0v) is 19.3. The van der Waals surface area contributed by atoms with Gasteiger partial charge in [0.2, 0.25) is 5.91 Å². The summed E-state index contributed by atoms with van der Waals surface area (Å²) in [6.45, 7) is 10.5. The zero-order chi connectivity index (χ0) is 21.0. The van der Waals surface area contributed by atoms with Crippen molar-refractivity contribution in [3.05, 3.63) is 45.6 Å². The highest BCUT2D eigenvalue weighted by Crippen LogP contribution is 2.31. The number of amides is 1. The monoisotopic (exact) mass is 428 g/mol. The topological polar surface area (TPSA) is 59.8 Å². The van der Waals surface area contributed by atoms with Crippen LogP contribution in [0.3, 0.4) is 0 Å². The van der Waals surface area contributed by atoms with E-state index in [9.17, 15) is 4.79 Å². The number of nitrogens with zero attached hydrogens (tertiary/aromatic N) is 3. The highest BCUT2D eigenvalue weighted by atomic mass is 32.2. The van der Waals surface area contributed by atoms with E-state index >= 15 is 0 Å². The van der Waals surface area contributed by atoms with E-state index in [2.05, 4.69) is 58.4 Å². The lowest BCUT2D eigenvalue weighted by Crippen LogP contribution is -2.15. The molecule has 7 heteroatoms. The average molecular weight is 429 g/mol. The molecule has 2 heterocycles. The summed E-state index contributed by atoms with van der Waals surface area (Å²) in [5.41, 5.74) is 4.21. The van der Waals surface area contributed by atoms with Crippen LogP contribution < -0.4 is 5.32 Å². The van der Waals surface area contributed by atoms with E-state index in [4.69, 9.17) is 0 Å². The first-order chi connectivity index (χ1) is 13.9. The number of carbonyl (C=O) groups excluding carboxylic acids is 1. The Bertz CT molecular complexity index is 991. The second-order valence-corrected chi connectivity index (χ2v) is 9.42. The van der Waals surface area contributed by atoms with Crippen molar-refractivity contribution < 1.29 is 4.79 Å². The summed E-state index contributed by atoms with van der Waals surface area (Å²) in [7, 11) is 0. The second-order valence-electron chi connectivity index (χ2n) is 7.48. The summed E-state index contributed by atoms with van der Waals surface area (Å²) in [5.74, 6) is 1.13. The highest BCUT2D eigenvalue weighted by Gasteiger charge is 2.19. The second kappa shape index (κ2) is 9.59. The molecule has 154 valence electrons. The Labute approximate surface area is 180 Å². The lowest BCUT2D eigenvalue weighted by molar-refractivity contribution is -0.113. The maximum atomic E-state index is 12.5. The van der Waals surface area contributed by atoms with Crippen LogP contribution in [0.15, 0.2) is 34.8 Å². The van der Waals surface area contributed by atoms with Gasteiger partial charge in [-0.2, -0.15) is 0 Å². The standard InChI is InChI=1S/C22H28N4OS2/c1-6-7-18-11-17(12-28-18)21-24-25-22(26(21)14(2)3)29-13-20(27)23-19-9-8-15(4)10-16(19)5/h8-12,14H,6-7,13H2,1-5H3,(H,23,27). The third-order valence-electron chi connectivity index (χ3n) is 4.58.